The SMILES string of the molecule is CCCCc1onc(-c2ncc[nH]2)c1C(=O)O. The summed E-state index contributed by atoms with van der Waals surface area (Å²) >= 11 is 0. The minimum absolute atomic E-state index is 0.105. The van der Waals surface area contributed by atoms with Crippen molar-refractivity contribution in [3.63, 3.8) is 0 Å². The molecule has 0 spiro atoms. The number of carbonyl (C=O) groups is 1. The third kappa shape index (κ3) is 2.20. The van der Waals surface area contributed by atoms with Gasteiger partial charge in [-0.1, -0.05) is 18.5 Å². The molecule has 0 fully saturated rings. The van der Waals surface area contributed by atoms with E-state index in [0.29, 0.717) is 18.0 Å². The molecule has 0 amide bonds. The van der Waals surface area contributed by atoms with E-state index in [0.717, 1.165) is 12.8 Å². The molecule has 0 aromatic carbocycles. The summed E-state index contributed by atoms with van der Waals surface area (Å²) in [6.07, 6.45) is 5.57. The summed E-state index contributed by atoms with van der Waals surface area (Å²) in [4.78, 5) is 18.0. The highest BCUT2D eigenvalue weighted by atomic mass is 16.5. The van der Waals surface area contributed by atoms with Gasteiger partial charge in [0.1, 0.15) is 5.56 Å². The molecule has 2 aromatic heterocycles. The van der Waals surface area contributed by atoms with Crippen molar-refractivity contribution < 1.29 is 14.4 Å². The number of H-pyrrole nitrogens is 1. The Kier molecular flexibility index (Phi) is 3.22. The predicted molar refractivity (Wildman–Crippen MR) is 59.7 cm³/mol. The average molecular weight is 235 g/mol. The van der Waals surface area contributed by atoms with Crippen molar-refractivity contribution in [2.75, 3.05) is 0 Å². The highest BCUT2D eigenvalue weighted by Gasteiger charge is 2.24. The zero-order chi connectivity index (χ0) is 12.3. The fraction of sp³-hybridized carbons (Fsp3) is 0.364. The fourth-order valence-corrected chi connectivity index (χ4v) is 1.61. The van der Waals surface area contributed by atoms with Crippen LogP contribution >= 0.6 is 0 Å². The van der Waals surface area contributed by atoms with Gasteiger partial charge in [0.15, 0.2) is 17.3 Å². The molecule has 6 heteroatoms. The molecule has 2 rings (SSSR count). The Balaban J connectivity index is 2.40. The van der Waals surface area contributed by atoms with Gasteiger partial charge in [0.05, 0.1) is 0 Å². The first-order valence-electron chi connectivity index (χ1n) is 5.45. The zero-order valence-electron chi connectivity index (χ0n) is 9.43. The number of aromatic carboxylic acids is 1. The molecule has 2 heterocycles. The number of rotatable bonds is 5. The van der Waals surface area contributed by atoms with Gasteiger partial charge >= 0.3 is 5.97 Å². The van der Waals surface area contributed by atoms with Crippen LogP contribution in [0.15, 0.2) is 16.9 Å². The lowest BCUT2D eigenvalue weighted by Gasteiger charge is -1.96. The number of aromatic amines is 1. The van der Waals surface area contributed by atoms with Crippen molar-refractivity contribution in [2.24, 2.45) is 0 Å². The summed E-state index contributed by atoms with van der Waals surface area (Å²) < 4.78 is 5.09. The lowest BCUT2D eigenvalue weighted by Crippen LogP contribution is -2.02. The molecule has 0 aliphatic rings. The van der Waals surface area contributed by atoms with E-state index in [1.807, 2.05) is 6.92 Å². The van der Waals surface area contributed by atoms with Gasteiger partial charge in [0.25, 0.3) is 0 Å². The average Bonchev–Trinajstić information content (AvgIpc) is 2.94. The highest BCUT2D eigenvalue weighted by Crippen LogP contribution is 2.23. The maximum absolute atomic E-state index is 11.2. The molecule has 6 nitrogen and oxygen atoms in total. The summed E-state index contributed by atoms with van der Waals surface area (Å²) in [5, 5.41) is 13.0. The Morgan fingerprint density at radius 3 is 3.00 bits per heavy atom. The second-order valence-electron chi connectivity index (χ2n) is 3.68. The van der Waals surface area contributed by atoms with Crippen LogP contribution in [0.5, 0.6) is 0 Å². The van der Waals surface area contributed by atoms with Crippen molar-refractivity contribution in [2.45, 2.75) is 26.2 Å². The lowest BCUT2D eigenvalue weighted by atomic mass is 10.1. The van der Waals surface area contributed by atoms with Crippen LogP contribution in [0.2, 0.25) is 0 Å². The molecule has 0 atom stereocenters. The van der Waals surface area contributed by atoms with E-state index >= 15 is 0 Å². The van der Waals surface area contributed by atoms with E-state index in [1.165, 1.54) is 0 Å². The molecule has 0 aliphatic heterocycles. The fourth-order valence-electron chi connectivity index (χ4n) is 1.61. The molecular formula is C11H13N3O3. The van der Waals surface area contributed by atoms with Gasteiger partial charge in [-0.3, -0.25) is 0 Å². The first kappa shape index (κ1) is 11.4. The second-order valence-corrected chi connectivity index (χ2v) is 3.68. The molecular weight excluding hydrogens is 222 g/mol. The van der Waals surface area contributed by atoms with Crippen molar-refractivity contribution in [1.82, 2.24) is 15.1 Å². The number of aryl methyl sites for hydroxylation is 1. The van der Waals surface area contributed by atoms with Gasteiger partial charge in [0, 0.05) is 18.8 Å². The Morgan fingerprint density at radius 2 is 2.41 bits per heavy atom. The number of unbranched alkanes of at least 4 members (excludes halogenated alkanes) is 1. The first-order chi connectivity index (χ1) is 8.24. The Morgan fingerprint density at radius 1 is 1.59 bits per heavy atom. The molecule has 0 saturated heterocycles. The molecule has 0 aliphatic carbocycles. The maximum Gasteiger partial charge on any atom is 0.341 e. The molecule has 17 heavy (non-hydrogen) atoms. The van der Waals surface area contributed by atoms with Crippen LogP contribution in [0.4, 0.5) is 0 Å². The molecule has 0 saturated carbocycles. The van der Waals surface area contributed by atoms with Gasteiger partial charge in [-0.15, -0.1) is 0 Å². The van der Waals surface area contributed by atoms with Crippen LogP contribution in [0.1, 0.15) is 35.9 Å². The Labute approximate surface area is 97.7 Å². The molecule has 90 valence electrons. The van der Waals surface area contributed by atoms with E-state index in [2.05, 4.69) is 15.1 Å². The first-order valence-corrected chi connectivity index (χ1v) is 5.45. The minimum atomic E-state index is -1.04. The summed E-state index contributed by atoms with van der Waals surface area (Å²) in [5.41, 5.74) is 0.363. The number of nitrogens with zero attached hydrogens (tertiary/aromatic N) is 2. The number of hydrogen-bond donors (Lipinski definition) is 2. The zero-order valence-corrected chi connectivity index (χ0v) is 9.43. The van der Waals surface area contributed by atoms with Crippen molar-refractivity contribution >= 4 is 5.97 Å². The number of aromatic nitrogens is 3. The predicted octanol–water partition coefficient (Wildman–Crippen LogP) is 2.11. The van der Waals surface area contributed by atoms with Crippen LogP contribution in [-0.4, -0.2) is 26.2 Å². The van der Waals surface area contributed by atoms with Crippen LogP contribution in [-0.2, 0) is 6.42 Å². The maximum atomic E-state index is 11.2. The lowest BCUT2D eigenvalue weighted by molar-refractivity contribution is 0.0695. The second kappa shape index (κ2) is 4.82. The monoisotopic (exact) mass is 235 g/mol. The molecule has 0 unspecified atom stereocenters. The van der Waals surface area contributed by atoms with E-state index < -0.39 is 5.97 Å². The van der Waals surface area contributed by atoms with Crippen molar-refractivity contribution in [3.05, 3.63) is 23.7 Å². The molecule has 2 N–H and O–H groups in total. The normalized spacial score (nSPS) is 10.6. The summed E-state index contributed by atoms with van der Waals surface area (Å²) in [6, 6.07) is 0. The van der Waals surface area contributed by atoms with Gasteiger partial charge in [-0.25, -0.2) is 9.78 Å². The van der Waals surface area contributed by atoms with E-state index in [-0.39, 0.29) is 11.3 Å². The molecule has 2 aromatic rings. The van der Waals surface area contributed by atoms with Crippen LogP contribution in [0, 0.1) is 0 Å². The Hall–Kier alpha value is -2.11. The number of imidazole rings is 1. The molecule has 0 radical (unpaired) electrons. The van der Waals surface area contributed by atoms with Crippen molar-refractivity contribution in [3.8, 4) is 11.5 Å². The smallest absolute Gasteiger partial charge is 0.341 e. The van der Waals surface area contributed by atoms with Crippen molar-refractivity contribution in [1.29, 1.82) is 0 Å². The highest BCUT2D eigenvalue weighted by molar-refractivity contribution is 5.94. The van der Waals surface area contributed by atoms with E-state index in [9.17, 15) is 9.90 Å². The van der Waals surface area contributed by atoms with Crippen LogP contribution in [0.25, 0.3) is 11.5 Å². The largest absolute Gasteiger partial charge is 0.477 e. The number of carboxylic acids is 1. The van der Waals surface area contributed by atoms with Gasteiger partial charge in [-0.05, 0) is 6.42 Å². The van der Waals surface area contributed by atoms with Crippen LogP contribution in [0.3, 0.4) is 0 Å². The van der Waals surface area contributed by atoms with Gasteiger partial charge in [-0.2, -0.15) is 0 Å². The third-order valence-electron chi connectivity index (χ3n) is 2.46. The van der Waals surface area contributed by atoms with Crippen LogP contribution < -0.4 is 0 Å². The summed E-state index contributed by atoms with van der Waals surface area (Å²) in [5.74, 6) is -0.219. The summed E-state index contributed by atoms with van der Waals surface area (Å²) in [7, 11) is 0. The summed E-state index contributed by atoms with van der Waals surface area (Å²) in [6.45, 7) is 2.03. The van der Waals surface area contributed by atoms with Gasteiger partial charge < -0.3 is 14.6 Å². The number of hydrogen-bond acceptors (Lipinski definition) is 4. The minimum Gasteiger partial charge on any atom is -0.477 e. The standard InChI is InChI=1S/C11H13N3O3/c1-2-3-4-7-8(11(15)16)9(14-17-7)10-12-5-6-13-10/h5-6H,2-4H2,1H3,(H,12,13)(H,15,16). The number of carboxylic acid groups (broad SMARTS) is 1. The molecule has 0 bridgehead atoms. The third-order valence-corrected chi connectivity index (χ3v) is 2.46. The number of nitrogens with one attached hydrogen (secondary N) is 1. The topological polar surface area (TPSA) is 92.0 Å². The van der Waals surface area contributed by atoms with E-state index in [4.69, 9.17) is 4.52 Å². The quantitative estimate of drug-likeness (QED) is 0.827. The Bertz CT molecular complexity index is 502. The van der Waals surface area contributed by atoms with E-state index in [1.54, 1.807) is 12.4 Å². The van der Waals surface area contributed by atoms with Gasteiger partial charge in [0.2, 0.25) is 0 Å².